The van der Waals surface area contributed by atoms with Crippen molar-refractivity contribution in [3.8, 4) is 0 Å². The molecule has 9 heteroatoms. The molecule has 0 spiro atoms. The van der Waals surface area contributed by atoms with Crippen molar-refractivity contribution in [3.05, 3.63) is 88.0 Å². The number of anilines is 1. The molecule has 0 aliphatic heterocycles. The topological polar surface area (TPSA) is 111 Å². The maximum absolute atomic E-state index is 11.7. The molecule has 33 heavy (non-hydrogen) atoms. The van der Waals surface area contributed by atoms with Crippen LogP contribution in [-0.4, -0.2) is 29.6 Å². The molecule has 0 unspecified atom stereocenters. The first-order chi connectivity index (χ1) is 15.9. The van der Waals surface area contributed by atoms with E-state index in [2.05, 4.69) is 10.3 Å². The Labute approximate surface area is 194 Å². The average Bonchev–Trinajstić information content (AvgIpc) is 2.79. The molecule has 0 heterocycles. The summed E-state index contributed by atoms with van der Waals surface area (Å²) in [5.74, 6) is -0.629. The number of amides is 1. The molecule has 0 saturated carbocycles. The third-order valence-corrected chi connectivity index (χ3v) is 5.48. The third kappa shape index (κ3) is 6.50. The van der Waals surface area contributed by atoms with Crippen molar-refractivity contribution in [2.24, 2.45) is 4.99 Å². The fraction of sp³-hybridized carbons (Fsp3) is 0.125. The predicted octanol–water partition coefficient (Wildman–Crippen LogP) is 5.63. The zero-order valence-electron chi connectivity index (χ0n) is 18.0. The number of nitro benzene ring substituents is 1. The van der Waals surface area contributed by atoms with E-state index in [-0.39, 0.29) is 11.6 Å². The highest BCUT2D eigenvalue weighted by Gasteiger charge is 2.17. The monoisotopic (exact) mass is 463 g/mol. The van der Waals surface area contributed by atoms with Gasteiger partial charge >= 0.3 is 5.97 Å². The highest BCUT2D eigenvalue weighted by molar-refractivity contribution is 7.99. The summed E-state index contributed by atoms with van der Waals surface area (Å²) >= 11 is 1.20. The summed E-state index contributed by atoms with van der Waals surface area (Å²) in [4.78, 5) is 39.9. The molecule has 0 aromatic heterocycles. The molecule has 0 radical (unpaired) electrons. The Balaban J connectivity index is 1.81. The molecule has 3 rings (SSSR count). The number of esters is 1. The molecule has 168 valence electrons. The van der Waals surface area contributed by atoms with Crippen LogP contribution in [0.15, 0.2) is 81.5 Å². The van der Waals surface area contributed by atoms with Crippen LogP contribution in [0.3, 0.4) is 0 Å². The van der Waals surface area contributed by atoms with Crippen LogP contribution in [0.5, 0.6) is 0 Å². The number of nitrogens with zero attached hydrogens (tertiary/aromatic N) is 2. The van der Waals surface area contributed by atoms with Crippen LogP contribution in [0.4, 0.5) is 17.1 Å². The lowest BCUT2D eigenvalue weighted by atomic mass is 10.2. The molecule has 1 amide bonds. The van der Waals surface area contributed by atoms with Gasteiger partial charge in [-0.3, -0.25) is 19.9 Å². The highest BCUT2D eigenvalue weighted by Crippen LogP contribution is 2.38. The second-order valence-corrected chi connectivity index (χ2v) is 7.87. The Bertz CT molecular complexity index is 1210. The van der Waals surface area contributed by atoms with E-state index >= 15 is 0 Å². The standard InChI is InChI=1S/C24H21N3O5S/c1-3-32-24(29)18-9-11-19(12-10-18)25-15-17-8-13-23(21(14-17)27(30)31)33-22-7-5-4-6-20(22)26-16(2)28/h4-15H,3H2,1-2H3,(H,26,28). The first-order valence-electron chi connectivity index (χ1n) is 10.0. The molecule has 0 saturated heterocycles. The maximum Gasteiger partial charge on any atom is 0.338 e. The Morgan fingerprint density at radius 3 is 2.48 bits per heavy atom. The molecule has 3 aromatic carbocycles. The second kappa shape index (κ2) is 11.1. The number of benzene rings is 3. The van der Waals surface area contributed by atoms with Crippen LogP contribution in [-0.2, 0) is 9.53 Å². The van der Waals surface area contributed by atoms with Crippen molar-refractivity contribution >= 4 is 46.9 Å². The maximum atomic E-state index is 11.7. The van der Waals surface area contributed by atoms with Crippen LogP contribution in [0.25, 0.3) is 0 Å². The van der Waals surface area contributed by atoms with Crippen LogP contribution < -0.4 is 5.32 Å². The van der Waals surface area contributed by atoms with Gasteiger partial charge in [-0.25, -0.2) is 4.79 Å². The van der Waals surface area contributed by atoms with Crippen molar-refractivity contribution in [1.82, 2.24) is 0 Å². The average molecular weight is 464 g/mol. The summed E-state index contributed by atoms with van der Waals surface area (Å²) in [5, 5.41) is 14.4. The van der Waals surface area contributed by atoms with Gasteiger partial charge in [0.2, 0.25) is 5.91 Å². The summed E-state index contributed by atoms with van der Waals surface area (Å²) < 4.78 is 4.95. The lowest BCUT2D eigenvalue weighted by Crippen LogP contribution is -2.06. The van der Waals surface area contributed by atoms with E-state index in [0.717, 1.165) is 0 Å². The zero-order valence-corrected chi connectivity index (χ0v) is 18.8. The summed E-state index contributed by atoms with van der Waals surface area (Å²) in [6.07, 6.45) is 1.52. The largest absolute Gasteiger partial charge is 0.462 e. The van der Waals surface area contributed by atoms with E-state index in [9.17, 15) is 19.7 Å². The number of carbonyl (C=O) groups excluding carboxylic acids is 2. The number of para-hydroxylation sites is 1. The molecule has 0 aliphatic carbocycles. The Morgan fingerprint density at radius 2 is 1.82 bits per heavy atom. The van der Waals surface area contributed by atoms with E-state index < -0.39 is 10.9 Å². The molecule has 0 aliphatic rings. The van der Waals surface area contributed by atoms with Crippen LogP contribution in [0.1, 0.15) is 29.8 Å². The molecule has 0 atom stereocenters. The molecule has 3 aromatic rings. The van der Waals surface area contributed by atoms with E-state index in [1.807, 2.05) is 0 Å². The summed E-state index contributed by atoms with van der Waals surface area (Å²) in [6, 6.07) is 18.5. The molecular weight excluding hydrogens is 442 g/mol. The van der Waals surface area contributed by atoms with Gasteiger partial charge in [0, 0.05) is 24.1 Å². The Kier molecular flexibility index (Phi) is 7.93. The number of aliphatic imine (C=N–C) groups is 1. The molecule has 8 nitrogen and oxygen atoms in total. The van der Waals surface area contributed by atoms with Gasteiger partial charge in [0.25, 0.3) is 5.69 Å². The van der Waals surface area contributed by atoms with E-state index in [1.165, 1.54) is 31.0 Å². The van der Waals surface area contributed by atoms with Crippen molar-refractivity contribution in [1.29, 1.82) is 0 Å². The van der Waals surface area contributed by atoms with E-state index in [1.54, 1.807) is 67.6 Å². The van der Waals surface area contributed by atoms with Gasteiger partial charge in [-0.15, -0.1) is 0 Å². The third-order valence-electron chi connectivity index (χ3n) is 4.34. The summed E-state index contributed by atoms with van der Waals surface area (Å²) in [7, 11) is 0. The van der Waals surface area contributed by atoms with Crippen LogP contribution in [0, 0.1) is 10.1 Å². The van der Waals surface area contributed by atoms with Crippen molar-refractivity contribution < 1.29 is 19.2 Å². The smallest absolute Gasteiger partial charge is 0.338 e. The second-order valence-electron chi connectivity index (χ2n) is 6.79. The minimum atomic E-state index is -0.450. The van der Waals surface area contributed by atoms with Gasteiger partial charge in [0.1, 0.15) is 0 Å². The van der Waals surface area contributed by atoms with Crippen molar-refractivity contribution in [3.63, 3.8) is 0 Å². The Morgan fingerprint density at radius 1 is 1.09 bits per heavy atom. The van der Waals surface area contributed by atoms with Crippen molar-refractivity contribution in [2.75, 3.05) is 11.9 Å². The summed E-state index contributed by atoms with van der Waals surface area (Å²) in [6.45, 7) is 3.44. The van der Waals surface area contributed by atoms with Crippen LogP contribution >= 0.6 is 11.8 Å². The first kappa shape index (κ1) is 23.7. The minimum absolute atomic E-state index is 0.0702. The van der Waals surface area contributed by atoms with Gasteiger partial charge in [0.15, 0.2) is 0 Å². The number of hydrogen-bond acceptors (Lipinski definition) is 7. The molecule has 0 fully saturated rings. The molecule has 1 N–H and O–H groups in total. The lowest BCUT2D eigenvalue weighted by Gasteiger charge is -2.10. The summed E-state index contributed by atoms with van der Waals surface area (Å²) in [5.41, 5.74) is 2.08. The number of carbonyl (C=O) groups is 2. The first-order valence-corrected chi connectivity index (χ1v) is 10.8. The fourth-order valence-electron chi connectivity index (χ4n) is 2.86. The minimum Gasteiger partial charge on any atom is -0.462 e. The normalized spacial score (nSPS) is 10.7. The number of hydrogen-bond donors (Lipinski definition) is 1. The van der Waals surface area contributed by atoms with E-state index in [0.29, 0.717) is 38.9 Å². The number of rotatable bonds is 8. The van der Waals surface area contributed by atoms with Gasteiger partial charge < -0.3 is 10.1 Å². The number of nitro groups is 1. The van der Waals surface area contributed by atoms with Crippen molar-refractivity contribution in [2.45, 2.75) is 23.6 Å². The van der Waals surface area contributed by atoms with Crippen LogP contribution in [0.2, 0.25) is 0 Å². The van der Waals surface area contributed by atoms with Gasteiger partial charge in [-0.2, -0.15) is 0 Å². The van der Waals surface area contributed by atoms with E-state index in [4.69, 9.17) is 4.74 Å². The quantitative estimate of drug-likeness (QED) is 0.201. The predicted molar refractivity (Wildman–Crippen MR) is 128 cm³/mol. The number of nitrogens with one attached hydrogen (secondary N) is 1. The van der Waals surface area contributed by atoms with Gasteiger partial charge in [-0.1, -0.05) is 30.0 Å². The molecule has 0 bridgehead atoms. The van der Waals surface area contributed by atoms with Gasteiger partial charge in [0.05, 0.1) is 33.4 Å². The lowest BCUT2D eigenvalue weighted by molar-refractivity contribution is -0.387. The SMILES string of the molecule is CCOC(=O)c1ccc(N=Cc2ccc(Sc3ccccc3NC(C)=O)c([N+](=O)[O-])c2)cc1. The van der Waals surface area contributed by atoms with Gasteiger partial charge in [-0.05, 0) is 55.0 Å². The zero-order chi connectivity index (χ0) is 23.8. The fourth-order valence-corrected chi connectivity index (χ4v) is 3.84. The molecular formula is C24H21N3O5S. The Hall–Kier alpha value is -3.98. The number of ether oxygens (including phenoxy) is 1. The highest BCUT2D eigenvalue weighted by atomic mass is 32.2.